The number of hydrogen-bond acceptors (Lipinski definition) is 9. The minimum atomic E-state index is -0.927. The predicted octanol–water partition coefficient (Wildman–Crippen LogP) is 6.68. The topological polar surface area (TPSA) is 106 Å². The lowest BCUT2D eigenvalue weighted by atomic mass is 9.96. The number of amides is 1. The molecular weight excluding hydrogens is 568 g/mol. The number of aliphatic hydroxyl groups is 1. The molecule has 0 radical (unpaired) electrons. The summed E-state index contributed by atoms with van der Waals surface area (Å²) in [6.45, 7) is 2.68. The Morgan fingerprint density at radius 3 is 2.62 bits per heavy atom. The van der Waals surface area contributed by atoms with Crippen LogP contribution in [0.25, 0.3) is 5.76 Å². The summed E-state index contributed by atoms with van der Waals surface area (Å²) in [4.78, 5) is 32.2. The molecule has 4 aromatic rings. The van der Waals surface area contributed by atoms with Gasteiger partial charge in [-0.3, -0.25) is 19.5 Å². The molecule has 204 valence electrons. The van der Waals surface area contributed by atoms with Gasteiger partial charge >= 0.3 is 5.91 Å². The Labute approximate surface area is 244 Å². The maximum absolute atomic E-state index is 13.4. The molecule has 2 aromatic heterocycles. The second-order valence-corrected chi connectivity index (χ2v) is 11.5. The van der Waals surface area contributed by atoms with E-state index in [4.69, 9.17) is 16.3 Å². The van der Waals surface area contributed by atoms with Crippen LogP contribution in [-0.2, 0) is 15.3 Å². The largest absolute Gasteiger partial charge is 0.507 e. The van der Waals surface area contributed by atoms with Gasteiger partial charge in [0.15, 0.2) is 4.34 Å². The van der Waals surface area contributed by atoms with E-state index >= 15 is 0 Å². The number of unbranched alkanes of at least 4 members (excludes halogenated alkanes) is 1. The number of Topliss-reactive ketones (excluding diaryl/α,β-unsaturated/α-hetero) is 1. The fourth-order valence-electron chi connectivity index (χ4n) is 4.19. The summed E-state index contributed by atoms with van der Waals surface area (Å²) in [6, 6.07) is 16.9. The summed E-state index contributed by atoms with van der Waals surface area (Å²) >= 11 is 8.90. The highest BCUT2D eigenvalue weighted by Gasteiger charge is 2.48. The lowest BCUT2D eigenvalue weighted by molar-refractivity contribution is -0.132. The Morgan fingerprint density at radius 2 is 1.90 bits per heavy atom. The summed E-state index contributed by atoms with van der Waals surface area (Å²) in [5.41, 5.74) is 1.85. The highest BCUT2D eigenvalue weighted by atomic mass is 35.5. The third-order valence-corrected chi connectivity index (χ3v) is 8.72. The lowest BCUT2D eigenvalue weighted by Gasteiger charge is -2.22. The minimum absolute atomic E-state index is 0.0434. The van der Waals surface area contributed by atoms with Crippen LogP contribution in [0.1, 0.15) is 42.5 Å². The minimum Gasteiger partial charge on any atom is -0.507 e. The van der Waals surface area contributed by atoms with Gasteiger partial charge in [0.1, 0.15) is 11.5 Å². The zero-order valence-electron chi connectivity index (χ0n) is 21.5. The number of ether oxygens (including phenoxy) is 1. The van der Waals surface area contributed by atoms with E-state index in [2.05, 4.69) is 22.1 Å². The van der Waals surface area contributed by atoms with Gasteiger partial charge in [-0.25, -0.2) is 0 Å². The number of anilines is 1. The molecule has 1 atom stereocenters. The summed E-state index contributed by atoms with van der Waals surface area (Å²) in [7, 11) is 0. The lowest BCUT2D eigenvalue weighted by Crippen LogP contribution is -2.29. The van der Waals surface area contributed by atoms with Crippen molar-refractivity contribution in [2.75, 3.05) is 11.5 Å². The highest BCUT2D eigenvalue weighted by Crippen LogP contribution is 2.44. The number of nitrogens with zero attached hydrogens (tertiary/aromatic N) is 4. The first kappa shape index (κ1) is 27.8. The van der Waals surface area contributed by atoms with E-state index < -0.39 is 17.7 Å². The van der Waals surface area contributed by atoms with E-state index in [0.717, 1.165) is 18.4 Å². The number of ketones is 1. The Hall–Kier alpha value is -3.73. The second kappa shape index (κ2) is 12.6. The summed E-state index contributed by atoms with van der Waals surface area (Å²) in [5.74, 6) is -0.668. The molecule has 0 saturated carbocycles. The number of carbonyl (C=O) groups is 2. The summed E-state index contributed by atoms with van der Waals surface area (Å²) < 4.78 is 6.32. The molecule has 2 aromatic carbocycles. The Kier molecular flexibility index (Phi) is 8.78. The van der Waals surface area contributed by atoms with Gasteiger partial charge in [0.2, 0.25) is 5.13 Å². The molecule has 0 spiro atoms. The number of halogens is 1. The van der Waals surface area contributed by atoms with Gasteiger partial charge in [-0.15, -0.1) is 10.2 Å². The summed E-state index contributed by atoms with van der Waals surface area (Å²) in [5, 5.41) is 20.7. The van der Waals surface area contributed by atoms with Crippen LogP contribution in [0.2, 0.25) is 5.02 Å². The van der Waals surface area contributed by atoms with Crippen molar-refractivity contribution < 1.29 is 19.4 Å². The number of thioether (sulfide) groups is 1. The average molecular weight is 593 g/mol. The smallest absolute Gasteiger partial charge is 0.301 e. The molecule has 1 saturated heterocycles. The first-order valence-electron chi connectivity index (χ1n) is 12.6. The van der Waals surface area contributed by atoms with Crippen molar-refractivity contribution in [2.24, 2.45) is 0 Å². The van der Waals surface area contributed by atoms with E-state index in [1.54, 1.807) is 48.8 Å². The molecule has 0 bridgehead atoms. The number of aliphatic hydroxyl groups excluding tert-OH is 1. The van der Waals surface area contributed by atoms with Gasteiger partial charge < -0.3 is 9.84 Å². The number of carbonyl (C=O) groups excluding carboxylic acids is 2. The van der Waals surface area contributed by atoms with Gasteiger partial charge in [-0.05, 0) is 53.9 Å². The van der Waals surface area contributed by atoms with Gasteiger partial charge in [0.05, 0.1) is 18.2 Å². The molecule has 0 aliphatic carbocycles. The van der Waals surface area contributed by atoms with Crippen molar-refractivity contribution in [1.82, 2.24) is 15.2 Å². The molecule has 8 nitrogen and oxygen atoms in total. The number of pyridine rings is 1. The molecule has 5 rings (SSSR count). The SMILES string of the molecule is CCCCOc1ccc(C(O)=C2C(=O)C(=O)N(c3nnc(SCc4ccccc4Cl)s3)C2c2cccnc2)cc1. The molecule has 1 fully saturated rings. The first-order valence-corrected chi connectivity index (χ1v) is 14.8. The van der Waals surface area contributed by atoms with Gasteiger partial charge in [0.25, 0.3) is 5.78 Å². The molecular formula is C29H25ClN4O4S2. The Balaban J connectivity index is 1.47. The fraction of sp³-hybridized carbons (Fsp3) is 0.207. The van der Waals surface area contributed by atoms with Crippen LogP contribution in [0.3, 0.4) is 0 Å². The van der Waals surface area contributed by atoms with E-state index in [9.17, 15) is 14.7 Å². The molecule has 1 aliphatic rings. The Bertz CT molecular complexity index is 1540. The van der Waals surface area contributed by atoms with Crippen LogP contribution in [0.15, 0.2) is 83.0 Å². The van der Waals surface area contributed by atoms with Crippen LogP contribution in [0, 0.1) is 0 Å². The van der Waals surface area contributed by atoms with Crippen LogP contribution >= 0.6 is 34.7 Å². The molecule has 1 N–H and O–H groups in total. The van der Waals surface area contributed by atoms with E-state index in [1.165, 1.54) is 28.0 Å². The highest BCUT2D eigenvalue weighted by molar-refractivity contribution is 8.00. The molecule has 1 unspecified atom stereocenters. The first-order chi connectivity index (χ1) is 19.5. The molecule has 11 heteroatoms. The normalized spacial score (nSPS) is 16.4. The third-order valence-electron chi connectivity index (χ3n) is 6.25. The van der Waals surface area contributed by atoms with Gasteiger partial charge in [-0.2, -0.15) is 0 Å². The van der Waals surface area contributed by atoms with Crippen molar-refractivity contribution in [2.45, 2.75) is 35.9 Å². The summed E-state index contributed by atoms with van der Waals surface area (Å²) in [6.07, 6.45) is 5.11. The van der Waals surface area contributed by atoms with Crippen LogP contribution < -0.4 is 9.64 Å². The average Bonchev–Trinajstić information content (AvgIpc) is 3.55. The molecule has 1 aliphatic heterocycles. The van der Waals surface area contributed by atoms with E-state index in [0.29, 0.717) is 38.6 Å². The third kappa shape index (κ3) is 5.89. The maximum atomic E-state index is 13.4. The fourth-order valence-corrected chi connectivity index (χ4v) is 6.35. The molecule has 3 heterocycles. The van der Waals surface area contributed by atoms with Gasteiger partial charge in [-0.1, -0.05) is 72.3 Å². The van der Waals surface area contributed by atoms with E-state index in [-0.39, 0.29) is 16.5 Å². The van der Waals surface area contributed by atoms with Gasteiger partial charge in [0, 0.05) is 28.7 Å². The predicted molar refractivity (Wildman–Crippen MR) is 157 cm³/mol. The standard InChI is InChI=1S/C29H25ClN4O4S2/c1-2-3-15-38-21-12-10-18(11-13-21)25(35)23-24(19-8-6-14-31-16-19)34(27(37)26(23)36)28-32-33-29(40-28)39-17-20-7-4-5-9-22(20)30/h4-14,16,24,35H,2-3,15,17H2,1H3. The number of aromatic nitrogens is 3. The number of rotatable bonds is 10. The van der Waals surface area contributed by atoms with Crippen molar-refractivity contribution in [3.05, 3.63) is 100 Å². The second-order valence-electron chi connectivity index (χ2n) is 8.91. The monoisotopic (exact) mass is 592 g/mol. The van der Waals surface area contributed by atoms with Crippen molar-refractivity contribution >= 4 is 57.3 Å². The molecule has 40 heavy (non-hydrogen) atoms. The van der Waals surface area contributed by atoms with Crippen LogP contribution in [0.5, 0.6) is 5.75 Å². The van der Waals surface area contributed by atoms with Crippen LogP contribution in [-0.4, -0.2) is 38.6 Å². The zero-order chi connectivity index (χ0) is 28.1. The Morgan fingerprint density at radius 1 is 1.10 bits per heavy atom. The molecule has 1 amide bonds. The zero-order valence-corrected chi connectivity index (χ0v) is 23.9. The number of benzene rings is 2. The quantitative estimate of drug-likeness (QED) is 0.0542. The maximum Gasteiger partial charge on any atom is 0.301 e. The van der Waals surface area contributed by atoms with E-state index in [1.807, 2.05) is 24.3 Å². The van der Waals surface area contributed by atoms with Crippen molar-refractivity contribution in [3.8, 4) is 5.75 Å². The van der Waals surface area contributed by atoms with Crippen molar-refractivity contribution in [1.29, 1.82) is 0 Å². The van der Waals surface area contributed by atoms with Crippen LogP contribution in [0.4, 0.5) is 5.13 Å². The van der Waals surface area contributed by atoms with Crippen molar-refractivity contribution in [3.63, 3.8) is 0 Å². The number of hydrogen-bond donors (Lipinski definition) is 1.